The second-order valence-electron chi connectivity index (χ2n) is 7.54. The number of hydrogen-bond acceptors (Lipinski definition) is 6. The van der Waals surface area contributed by atoms with Gasteiger partial charge in [-0.15, -0.1) is 5.10 Å². The highest BCUT2D eigenvalue weighted by Gasteiger charge is 2.42. The smallest absolute Gasteiger partial charge is 0.244 e. The lowest BCUT2D eigenvalue weighted by molar-refractivity contribution is 0.388. The number of nitrogens with one attached hydrogen (secondary N) is 2. The fraction of sp³-hybridized carbons (Fsp3) is 0.160. The first kappa shape index (κ1) is 19.6. The van der Waals surface area contributed by atoms with Crippen molar-refractivity contribution in [3.05, 3.63) is 71.8 Å². The van der Waals surface area contributed by atoms with Gasteiger partial charge < -0.3 is 14.2 Å². The normalized spacial score (nSPS) is 17.3. The standard InChI is InChI=1S/C25H20N4O3/c1-30-17-9-10-20(31-2)18(12-17)21-19(13-26)24(27)32-25-22(21)23(28-29-25)16-8-7-14-5-3-4-6-15(14)11-16/h3-12,19,21,27H,1-2H3,(H,28,29)/t19?,21-/m1/s1. The summed E-state index contributed by atoms with van der Waals surface area (Å²) in [6, 6.07) is 21.9. The quantitative estimate of drug-likeness (QED) is 0.485. The number of methoxy groups -OCH3 is 2. The number of nitriles is 1. The number of hydrogen-bond donors (Lipinski definition) is 2. The first-order valence-corrected chi connectivity index (χ1v) is 10.1. The molecule has 1 aliphatic rings. The Balaban J connectivity index is 1.75. The van der Waals surface area contributed by atoms with Crippen LogP contribution in [0.5, 0.6) is 17.4 Å². The van der Waals surface area contributed by atoms with Crippen molar-refractivity contribution in [1.29, 1.82) is 10.7 Å². The molecule has 1 unspecified atom stereocenters. The average Bonchev–Trinajstić information content (AvgIpc) is 3.25. The van der Waals surface area contributed by atoms with Gasteiger partial charge in [0.25, 0.3) is 0 Å². The monoisotopic (exact) mass is 424 g/mol. The van der Waals surface area contributed by atoms with Crippen LogP contribution in [0.15, 0.2) is 60.7 Å². The Morgan fingerprint density at radius 2 is 1.84 bits per heavy atom. The maximum Gasteiger partial charge on any atom is 0.244 e. The molecular formula is C25H20N4O3. The van der Waals surface area contributed by atoms with Crippen LogP contribution in [0.2, 0.25) is 0 Å². The van der Waals surface area contributed by atoms with Gasteiger partial charge in [0.2, 0.25) is 11.8 Å². The second-order valence-corrected chi connectivity index (χ2v) is 7.54. The van der Waals surface area contributed by atoms with E-state index in [4.69, 9.17) is 19.6 Å². The van der Waals surface area contributed by atoms with Gasteiger partial charge in [-0.2, -0.15) is 5.26 Å². The summed E-state index contributed by atoms with van der Waals surface area (Å²) < 4.78 is 16.7. The lowest BCUT2D eigenvalue weighted by Gasteiger charge is -2.29. The van der Waals surface area contributed by atoms with Crippen molar-refractivity contribution >= 4 is 16.7 Å². The predicted octanol–water partition coefficient (Wildman–Crippen LogP) is 4.89. The molecule has 0 amide bonds. The van der Waals surface area contributed by atoms with Gasteiger partial charge in [-0.05, 0) is 35.0 Å². The van der Waals surface area contributed by atoms with E-state index in [0.717, 1.165) is 33.2 Å². The van der Waals surface area contributed by atoms with Crippen LogP contribution in [0.3, 0.4) is 0 Å². The van der Waals surface area contributed by atoms with Crippen molar-refractivity contribution in [3.63, 3.8) is 0 Å². The van der Waals surface area contributed by atoms with E-state index in [1.165, 1.54) is 0 Å². The number of nitrogens with zero attached hydrogens (tertiary/aromatic N) is 2. The molecule has 0 radical (unpaired) electrons. The summed E-state index contributed by atoms with van der Waals surface area (Å²) in [5, 5.41) is 27.9. The Morgan fingerprint density at radius 1 is 1.03 bits per heavy atom. The Kier molecular flexibility index (Phi) is 4.75. The van der Waals surface area contributed by atoms with Gasteiger partial charge in [0.1, 0.15) is 17.4 Å². The zero-order chi connectivity index (χ0) is 22.2. The van der Waals surface area contributed by atoms with Crippen LogP contribution >= 0.6 is 0 Å². The zero-order valence-corrected chi connectivity index (χ0v) is 17.5. The van der Waals surface area contributed by atoms with Crippen molar-refractivity contribution in [2.45, 2.75) is 5.92 Å². The van der Waals surface area contributed by atoms with Gasteiger partial charge in [-0.25, -0.2) is 0 Å². The first-order valence-electron chi connectivity index (χ1n) is 10.1. The molecule has 4 aromatic rings. The van der Waals surface area contributed by atoms with E-state index in [9.17, 15) is 5.26 Å². The maximum absolute atomic E-state index is 9.98. The van der Waals surface area contributed by atoms with Gasteiger partial charge in [0.05, 0.1) is 31.5 Å². The number of ether oxygens (including phenoxy) is 3. The predicted molar refractivity (Wildman–Crippen MR) is 120 cm³/mol. The van der Waals surface area contributed by atoms with Crippen molar-refractivity contribution in [3.8, 4) is 34.7 Å². The van der Waals surface area contributed by atoms with Gasteiger partial charge in [0.15, 0.2) is 0 Å². The Morgan fingerprint density at radius 3 is 2.59 bits per heavy atom. The van der Waals surface area contributed by atoms with Crippen molar-refractivity contribution in [2.24, 2.45) is 5.92 Å². The highest BCUT2D eigenvalue weighted by molar-refractivity contribution is 5.90. The number of H-pyrrole nitrogens is 1. The number of rotatable bonds is 4. The van der Waals surface area contributed by atoms with Crippen LogP contribution in [-0.4, -0.2) is 30.3 Å². The van der Waals surface area contributed by atoms with Crippen LogP contribution < -0.4 is 14.2 Å². The highest BCUT2D eigenvalue weighted by Crippen LogP contribution is 2.48. The minimum Gasteiger partial charge on any atom is -0.497 e. The molecule has 3 aromatic carbocycles. The molecule has 158 valence electrons. The summed E-state index contributed by atoms with van der Waals surface area (Å²) in [6.45, 7) is 0. The molecule has 2 heterocycles. The van der Waals surface area contributed by atoms with E-state index in [1.54, 1.807) is 26.4 Å². The molecule has 0 spiro atoms. The number of aromatic nitrogens is 2. The minimum absolute atomic E-state index is 0.147. The summed E-state index contributed by atoms with van der Waals surface area (Å²) in [5.41, 5.74) is 3.11. The van der Waals surface area contributed by atoms with Crippen LogP contribution in [0.4, 0.5) is 0 Å². The molecule has 5 rings (SSSR count). The van der Waals surface area contributed by atoms with E-state index in [-0.39, 0.29) is 5.90 Å². The molecule has 32 heavy (non-hydrogen) atoms. The van der Waals surface area contributed by atoms with Crippen molar-refractivity contribution in [2.75, 3.05) is 14.2 Å². The van der Waals surface area contributed by atoms with Crippen molar-refractivity contribution < 1.29 is 14.2 Å². The summed E-state index contributed by atoms with van der Waals surface area (Å²) in [7, 11) is 3.17. The summed E-state index contributed by atoms with van der Waals surface area (Å²) in [4.78, 5) is 0. The zero-order valence-electron chi connectivity index (χ0n) is 17.5. The number of aromatic amines is 1. The molecule has 0 saturated heterocycles. The van der Waals surface area contributed by atoms with Crippen LogP contribution in [0.25, 0.3) is 22.0 Å². The Hall–Kier alpha value is -4.31. The fourth-order valence-electron chi connectivity index (χ4n) is 4.30. The second kappa shape index (κ2) is 7.75. The largest absolute Gasteiger partial charge is 0.497 e. The molecule has 7 nitrogen and oxygen atoms in total. The third-order valence-electron chi connectivity index (χ3n) is 5.85. The van der Waals surface area contributed by atoms with Crippen LogP contribution in [0, 0.1) is 22.7 Å². The minimum atomic E-state index is -0.847. The molecule has 0 saturated carbocycles. The topological polar surface area (TPSA) is 104 Å². The average molecular weight is 424 g/mol. The Labute approximate surface area is 184 Å². The molecule has 2 atom stereocenters. The van der Waals surface area contributed by atoms with Crippen LogP contribution in [-0.2, 0) is 0 Å². The van der Waals surface area contributed by atoms with Gasteiger partial charge in [-0.1, -0.05) is 36.4 Å². The number of fused-ring (bicyclic) bond motifs is 2. The van der Waals surface area contributed by atoms with Gasteiger partial charge in [-0.3, -0.25) is 10.5 Å². The van der Waals surface area contributed by atoms with Gasteiger partial charge in [0, 0.05) is 17.0 Å². The maximum atomic E-state index is 9.98. The Bertz CT molecular complexity index is 1390. The van der Waals surface area contributed by atoms with Crippen LogP contribution in [0.1, 0.15) is 17.0 Å². The summed E-state index contributed by atoms with van der Waals surface area (Å²) in [5.74, 6) is 0.00275. The third kappa shape index (κ3) is 3.05. The van der Waals surface area contributed by atoms with E-state index < -0.39 is 11.8 Å². The number of benzene rings is 3. The molecule has 0 bridgehead atoms. The first-order chi connectivity index (χ1) is 15.6. The van der Waals surface area contributed by atoms with E-state index in [1.807, 2.05) is 30.3 Å². The SMILES string of the molecule is COc1ccc(OC)c([C@H]2c3c(n[nH]c3-c3ccc4ccccc4c3)OC(=N)C2C#N)c1. The lowest BCUT2D eigenvalue weighted by atomic mass is 9.78. The molecular weight excluding hydrogens is 404 g/mol. The summed E-state index contributed by atoms with van der Waals surface area (Å²) >= 11 is 0. The third-order valence-corrected chi connectivity index (χ3v) is 5.85. The van der Waals surface area contributed by atoms with E-state index in [0.29, 0.717) is 17.4 Å². The van der Waals surface area contributed by atoms with Crippen molar-refractivity contribution in [1.82, 2.24) is 10.2 Å². The molecule has 1 aliphatic heterocycles. The molecule has 0 aliphatic carbocycles. The highest BCUT2D eigenvalue weighted by atomic mass is 16.5. The van der Waals surface area contributed by atoms with E-state index in [2.05, 4.69) is 34.5 Å². The fourth-order valence-corrected chi connectivity index (χ4v) is 4.30. The molecule has 0 fully saturated rings. The van der Waals surface area contributed by atoms with Gasteiger partial charge >= 0.3 is 0 Å². The molecule has 1 aromatic heterocycles. The van der Waals surface area contributed by atoms with E-state index >= 15 is 0 Å². The summed E-state index contributed by atoms with van der Waals surface area (Å²) in [6.07, 6.45) is 0. The molecule has 2 N–H and O–H groups in total. The lowest BCUT2D eigenvalue weighted by Crippen LogP contribution is -2.31. The molecule has 7 heteroatoms.